The van der Waals surface area contributed by atoms with Crippen molar-refractivity contribution in [1.29, 1.82) is 0 Å². The van der Waals surface area contributed by atoms with Crippen molar-refractivity contribution in [3.63, 3.8) is 0 Å². The minimum Gasteiger partial charge on any atom is -0.453 e. The fourth-order valence-electron chi connectivity index (χ4n) is 6.07. The van der Waals surface area contributed by atoms with Gasteiger partial charge < -0.3 is 54.3 Å². The minimum absolute atomic E-state index is 0.0451. The molecule has 4 aliphatic rings. The highest BCUT2D eigenvalue weighted by molar-refractivity contribution is 9.09. The van der Waals surface area contributed by atoms with Crippen LogP contribution >= 0.6 is 31.4 Å². The van der Waals surface area contributed by atoms with Crippen LogP contribution in [0.4, 0.5) is 4.79 Å². The first-order valence-corrected chi connectivity index (χ1v) is 20.2. The van der Waals surface area contributed by atoms with Gasteiger partial charge in [-0.05, 0) is 35.2 Å². The van der Waals surface area contributed by atoms with Crippen LogP contribution in [0.25, 0.3) is 0 Å². The lowest BCUT2D eigenvalue weighted by Gasteiger charge is -2.46. The van der Waals surface area contributed by atoms with Crippen molar-refractivity contribution in [3.05, 3.63) is 35.1 Å². The first-order valence-electron chi connectivity index (χ1n) is 16.1. The van der Waals surface area contributed by atoms with E-state index in [1.165, 1.54) is 43.6 Å². The summed E-state index contributed by atoms with van der Waals surface area (Å²) < 4.78 is 35.5. The predicted molar refractivity (Wildman–Crippen MR) is 191 cm³/mol. The van der Waals surface area contributed by atoms with Crippen LogP contribution in [0.15, 0.2) is 35.1 Å². The van der Waals surface area contributed by atoms with E-state index in [0.717, 1.165) is 7.11 Å². The molecular weight excluding hydrogens is 727 g/mol. The summed E-state index contributed by atoms with van der Waals surface area (Å²) in [5.41, 5.74) is -0.984. The second kappa shape index (κ2) is 19.3. The van der Waals surface area contributed by atoms with E-state index in [1.54, 1.807) is 20.1 Å². The van der Waals surface area contributed by atoms with E-state index in [0.29, 0.717) is 0 Å². The normalized spacial score (nSPS) is 36.5. The Hall–Kier alpha value is -2.11. The lowest BCUT2D eigenvalue weighted by atomic mass is 9.73. The van der Waals surface area contributed by atoms with E-state index in [1.807, 2.05) is 20.1 Å². The van der Waals surface area contributed by atoms with Gasteiger partial charge in [0, 0.05) is 36.5 Å². The number of carbonyl (C=O) groups is 2. The molecule has 15 nitrogen and oxygen atoms in total. The van der Waals surface area contributed by atoms with Crippen molar-refractivity contribution >= 4 is 43.3 Å². The number of carbonyl (C=O) groups excluding carboxylic acids is 2. The maximum absolute atomic E-state index is 13.8. The van der Waals surface area contributed by atoms with Gasteiger partial charge >= 0.3 is 6.09 Å². The van der Waals surface area contributed by atoms with Crippen molar-refractivity contribution in [2.45, 2.75) is 100 Å². The van der Waals surface area contributed by atoms with Gasteiger partial charge in [-0.1, -0.05) is 65.2 Å². The molecule has 11 unspecified atom stereocenters. The van der Waals surface area contributed by atoms with Crippen molar-refractivity contribution in [2.24, 2.45) is 0 Å². The van der Waals surface area contributed by atoms with Crippen molar-refractivity contribution < 1.29 is 58.5 Å². The zero-order valence-electron chi connectivity index (χ0n) is 29.0. The van der Waals surface area contributed by atoms with E-state index in [4.69, 9.17) is 28.4 Å². The Morgan fingerprint density at radius 1 is 1.22 bits per heavy atom. The molecule has 2 heterocycles. The molecule has 2 bridgehead atoms. The molecule has 0 aromatic rings. The third-order valence-electron chi connectivity index (χ3n) is 8.47. The third-order valence-corrected chi connectivity index (χ3v) is 12.2. The number of ketones is 1. The standard InChI is InChI=1S/C33H45N3O12S3/c1-17(2)34-20-16-45-23(15-22(20)43-4)48-29-27(37)25(36-42)18(3)46-31(29)47-21-11-9-7-8-10-13-33(41)19(12-14-50-51-49-6)24(21)26(28(38)30(33)39)35-32(40)44-5/h7-8,12,17-18,20-23,25,27,29-31,34,36-37,39,41-42H,14-16H2,1-6H3,(H,35,40)/b8-7-,19-12-. The van der Waals surface area contributed by atoms with Crippen LogP contribution in [0.2, 0.25) is 0 Å². The molecule has 2 aliphatic carbocycles. The summed E-state index contributed by atoms with van der Waals surface area (Å²) in [4.78, 5) is 26.3. The molecule has 18 heteroatoms. The average molecular weight is 772 g/mol. The van der Waals surface area contributed by atoms with Crippen molar-refractivity contribution in [1.82, 2.24) is 16.1 Å². The van der Waals surface area contributed by atoms with Gasteiger partial charge in [-0.15, -0.1) is 0 Å². The second-order valence-corrected chi connectivity index (χ2v) is 16.5. The number of rotatable bonds is 13. The zero-order chi connectivity index (χ0) is 37.3. The number of aliphatic hydroxyl groups excluding tert-OH is 2. The quantitative estimate of drug-likeness (QED) is 0.0598. The van der Waals surface area contributed by atoms with E-state index in [-0.39, 0.29) is 48.1 Å². The van der Waals surface area contributed by atoms with Crippen LogP contribution < -0.4 is 16.1 Å². The van der Waals surface area contributed by atoms with E-state index in [9.17, 15) is 30.1 Å². The summed E-state index contributed by atoms with van der Waals surface area (Å²) in [6.07, 6.45) is -4.41. The smallest absolute Gasteiger partial charge is 0.411 e. The van der Waals surface area contributed by atoms with Crippen LogP contribution in [-0.2, 0) is 33.2 Å². The Bertz CT molecular complexity index is 1470. The number of aliphatic hydroxyl groups is 3. The highest BCUT2D eigenvalue weighted by atomic mass is 33.5. The molecule has 0 aromatic carbocycles. The monoisotopic (exact) mass is 771 g/mol. The highest BCUT2D eigenvalue weighted by Crippen LogP contribution is 2.41. The van der Waals surface area contributed by atoms with Crippen LogP contribution in [0, 0.1) is 23.7 Å². The Kier molecular flexibility index (Phi) is 15.7. The van der Waals surface area contributed by atoms with Gasteiger partial charge in [0.25, 0.3) is 0 Å². The zero-order valence-corrected chi connectivity index (χ0v) is 31.4. The number of ether oxygens (including phenoxy) is 6. The SMILES string of the molecule is COC(=O)NC1=C2/C(=C/CSSSC)C(O)(C#C/C=C\C#CC2OC2OC(C)C(NO)C(O)C2OC2CC(OC)C(NC(C)C)CO2)C(O)C1=O. The fraction of sp³-hybridized carbons (Fsp3) is 0.636. The molecular formula is C33H45N3O12S3. The third kappa shape index (κ3) is 9.91. The first kappa shape index (κ1) is 41.6. The maximum atomic E-state index is 13.8. The second-order valence-electron chi connectivity index (χ2n) is 12.1. The van der Waals surface area contributed by atoms with Gasteiger partial charge in [0.15, 0.2) is 24.3 Å². The fourth-order valence-corrected chi connectivity index (χ4v) is 8.48. The number of alkyl carbamates (subject to hydrolysis) is 1. The summed E-state index contributed by atoms with van der Waals surface area (Å²) in [7, 11) is 7.04. The molecule has 51 heavy (non-hydrogen) atoms. The predicted octanol–water partition coefficient (Wildman–Crippen LogP) is 0.785. The number of fused-ring (bicyclic) bond motifs is 2. The summed E-state index contributed by atoms with van der Waals surface area (Å²) in [5, 5.41) is 50.4. The summed E-state index contributed by atoms with van der Waals surface area (Å²) in [6.45, 7) is 5.84. The van der Waals surface area contributed by atoms with E-state index in [2.05, 4.69) is 39.8 Å². The van der Waals surface area contributed by atoms with Gasteiger partial charge in [0.1, 0.15) is 18.3 Å². The first-order chi connectivity index (χ1) is 24.4. The summed E-state index contributed by atoms with van der Waals surface area (Å²) >= 11 is 0. The molecule has 0 saturated carbocycles. The topological polar surface area (TPSA) is 207 Å². The highest BCUT2D eigenvalue weighted by Gasteiger charge is 2.54. The summed E-state index contributed by atoms with van der Waals surface area (Å²) in [5.74, 6) is 10.1. The van der Waals surface area contributed by atoms with Gasteiger partial charge in [-0.3, -0.25) is 10.1 Å². The molecule has 1 amide bonds. The number of Topliss-reactive ketones (excluding diaryl/α,β-unsaturated/α-hetero) is 1. The lowest BCUT2D eigenvalue weighted by Crippen LogP contribution is -2.64. The molecule has 4 rings (SSSR count). The largest absolute Gasteiger partial charge is 0.453 e. The Labute approximate surface area is 308 Å². The Morgan fingerprint density at radius 3 is 2.63 bits per heavy atom. The number of amides is 1. The molecule has 0 radical (unpaired) electrons. The van der Waals surface area contributed by atoms with Crippen LogP contribution in [0.3, 0.4) is 0 Å². The van der Waals surface area contributed by atoms with Gasteiger partial charge in [-0.2, -0.15) is 5.48 Å². The van der Waals surface area contributed by atoms with Crippen LogP contribution in [0.1, 0.15) is 27.2 Å². The molecule has 2 fully saturated rings. The Morgan fingerprint density at radius 2 is 1.96 bits per heavy atom. The minimum atomic E-state index is -2.45. The number of allylic oxidation sites excluding steroid dienone is 2. The van der Waals surface area contributed by atoms with Crippen LogP contribution in [-0.4, -0.2) is 138 Å². The van der Waals surface area contributed by atoms with Gasteiger partial charge in [0.2, 0.25) is 5.78 Å². The average Bonchev–Trinajstić information content (AvgIpc) is 3.10. The molecule has 7 N–H and O–H groups in total. The molecule has 0 spiro atoms. The number of hydrogen-bond donors (Lipinski definition) is 7. The lowest BCUT2D eigenvalue weighted by molar-refractivity contribution is -0.329. The molecule has 282 valence electrons. The van der Waals surface area contributed by atoms with Crippen LogP contribution in [0.5, 0.6) is 0 Å². The molecule has 11 atom stereocenters. The van der Waals surface area contributed by atoms with E-state index < -0.39 is 72.3 Å². The number of hydrogen-bond acceptors (Lipinski definition) is 17. The summed E-state index contributed by atoms with van der Waals surface area (Å²) in [6, 6.07) is -0.981. The maximum Gasteiger partial charge on any atom is 0.411 e. The number of nitrogens with one attached hydrogen (secondary N) is 3. The van der Waals surface area contributed by atoms with E-state index >= 15 is 0 Å². The molecule has 0 aromatic heterocycles. The van der Waals surface area contributed by atoms with Crippen molar-refractivity contribution in [2.75, 3.05) is 32.8 Å². The number of methoxy groups -OCH3 is 2. The molecule has 2 saturated heterocycles. The van der Waals surface area contributed by atoms with Gasteiger partial charge in [0.05, 0.1) is 43.7 Å². The molecule has 2 aliphatic heterocycles. The van der Waals surface area contributed by atoms with Gasteiger partial charge in [-0.25, -0.2) is 4.79 Å². The van der Waals surface area contributed by atoms with Crippen molar-refractivity contribution in [3.8, 4) is 23.7 Å². The Balaban J connectivity index is 1.80. The number of hydroxylamine groups is 1.